The van der Waals surface area contributed by atoms with Crippen molar-refractivity contribution in [2.24, 2.45) is 0 Å². The molecule has 0 aliphatic heterocycles. The van der Waals surface area contributed by atoms with Gasteiger partial charge in [-0.15, -0.1) is 0 Å². The molecule has 184 valence electrons. The number of carbonyl (C=O) groups excluding carboxylic acids is 2. The molecule has 0 radical (unpaired) electrons. The Morgan fingerprint density at radius 3 is 2.61 bits per heavy atom. The molecule has 0 fully saturated rings. The number of carbonyl (C=O) groups is 2. The zero-order valence-electron chi connectivity index (χ0n) is 20.1. The minimum absolute atomic E-state index is 0.128. The molecular weight excluding hydrogens is 462 g/mol. The molecule has 2 heterocycles. The van der Waals surface area contributed by atoms with Crippen LogP contribution in [0.4, 0.5) is 10.5 Å². The van der Waals surface area contributed by atoms with Gasteiger partial charge in [0.1, 0.15) is 12.2 Å². The van der Waals surface area contributed by atoms with E-state index < -0.39 is 17.7 Å². The molecule has 0 saturated carbocycles. The Balaban J connectivity index is 1.48. The number of nitrogens with one attached hydrogen (secondary N) is 1. The van der Waals surface area contributed by atoms with Gasteiger partial charge in [0.25, 0.3) is 0 Å². The van der Waals surface area contributed by atoms with Crippen LogP contribution in [-0.2, 0) is 20.9 Å². The van der Waals surface area contributed by atoms with Crippen LogP contribution in [-0.4, -0.2) is 28.4 Å². The van der Waals surface area contributed by atoms with Gasteiger partial charge < -0.3 is 13.9 Å². The Morgan fingerprint density at radius 1 is 1.08 bits per heavy atom. The molecule has 0 aliphatic rings. The fourth-order valence-corrected chi connectivity index (χ4v) is 3.78. The van der Waals surface area contributed by atoms with Gasteiger partial charge in [-0.1, -0.05) is 18.2 Å². The van der Waals surface area contributed by atoms with Crippen molar-refractivity contribution >= 4 is 34.8 Å². The number of rotatable bonds is 7. The lowest BCUT2D eigenvalue weighted by molar-refractivity contribution is -0.138. The first-order chi connectivity index (χ1) is 17.4. The zero-order chi connectivity index (χ0) is 25.7. The number of fused-ring (bicyclic) bond motifs is 1. The Morgan fingerprint density at radius 2 is 1.86 bits per heavy atom. The second-order valence-electron chi connectivity index (χ2n) is 7.92. The third-order valence-corrected chi connectivity index (χ3v) is 5.46. The van der Waals surface area contributed by atoms with Crippen molar-refractivity contribution in [3.05, 3.63) is 93.6 Å². The van der Waals surface area contributed by atoms with E-state index in [4.69, 9.17) is 13.9 Å². The van der Waals surface area contributed by atoms with Crippen molar-refractivity contribution in [1.29, 1.82) is 0 Å². The molecule has 9 nitrogen and oxygen atoms in total. The molecule has 0 atom stereocenters. The van der Waals surface area contributed by atoms with E-state index in [0.29, 0.717) is 16.6 Å². The summed E-state index contributed by atoms with van der Waals surface area (Å²) >= 11 is 0. The molecule has 2 aromatic heterocycles. The topological polar surface area (TPSA) is 113 Å². The first kappa shape index (κ1) is 24.5. The van der Waals surface area contributed by atoms with Crippen LogP contribution in [0.5, 0.6) is 0 Å². The van der Waals surface area contributed by atoms with E-state index in [0.717, 1.165) is 22.6 Å². The summed E-state index contributed by atoms with van der Waals surface area (Å²) in [4.78, 5) is 36.1. The number of hydrogen-bond acceptors (Lipinski definition) is 7. The quantitative estimate of drug-likeness (QED) is 0.224. The molecule has 4 rings (SSSR count). The number of aryl methyl sites for hydroxylation is 1. The molecule has 36 heavy (non-hydrogen) atoms. The molecule has 2 aromatic carbocycles. The SMILES string of the molecule is CCOC(=O)Nc1ccc2c(COC(=O)C=Cc3c(C)nn(-c4ccccc4)c3C)cc(=O)oc2c1. The third kappa shape index (κ3) is 5.52. The summed E-state index contributed by atoms with van der Waals surface area (Å²) < 4.78 is 17.3. The van der Waals surface area contributed by atoms with E-state index in [1.807, 2.05) is 48.9 Å². The predicted molar refractivity (Wildman–Crippen MR) is 135 cm³/mol. The molecule has 0 aliphatic carbocycles. The molecule has 0 saturated heterocycles. The maximum Gasteiger partial charge on any atom is 0.411 e. The Hall–Kier alpha value is -4.66. The van der Waals surface area contributed by atoms with Crippen LogP contribution in [0, 0.1) is 13.8 Å². The summed E-state index contributed by atoms with van der Waals surface area (Å²) in [5.74, 6) is -0.566. The Bertz CT molecular complexity index is 1500. The van der Waals surface area contributed by atoms with Gasteiger partial charge in [0.15, 0.2) is 0 Å². The summed E-state index contributed by atoms with van der Waals surface area (Å²) in [6.07, 6.45) is 2.39. The maximum absolute atomic E-state index is 12.4. The van der Waals surface area contributed by atoms with Gasteiger partial charge in [0, 0.05) is 46.1 Å². The summed E-state index contributed by atoms with van der Waals surface area (Å²) in [7, 11) is 0. The lowest BCUT2D eigenvalue weighted by Crippen LogP contribution is -2.13. The normalized spacial score (nSPS) is 11.1. The predicted octanol–water partition coefficient (Wildman–Crippen LogP) is 4.92. The van der Waals surface area contributed by atoms with Crippen molar-refractivity contribution < 1.29 is 23.5 Å². The minimum Gasteiger partial charge on any atom is -0.458 e. The Labute approximate surface area is 206 Å². The molecule has 1 amide bonds. The fourth-order valence-electron chi connectivity index (χ4n) is 3.78. The highest BCUT2D eigenvalue weighted by atomic mass is 16.5. The number of esters is 1. The van der Waals surface area contributed by atoms with Gasteiger partial charge in [-0.25, -0.2) is 19.1 Å². The second-order valence-corrected chi connectivity index (χ2v) is 7.92. The van der Waals surface area contributed by atoms with Crippen LogP contribution >= 0.6 is 0 Å². The number of para-hydroxylation sites is 1. The molecular formula is C27H25N3O6. The standard InChI is InChI=1S/C27H25N3O6/c1-4-34-27(33)28-20-10-11-23-19(14-26(32)36-24(23)15-20)16-35-25(31)13-12-22-17(2)29-30(18(22)3)21-8-6-5-7-9-21/h5-15H,4,16H2,1-3H3,(H,28,33). The van der Waals surface area contributed by atoms with Gasteiger partial charge >= 0.3 is 17.7 Å². The van der Waals surface area contributed by atoms with E-state index in [1.165, 1.54) is 18.2 Å². The zero-order valence-corrected chi connectivity index (χ0v) is 20.1. The molecule has 1 N–H and O–H groups in total. The van der Waals surface area contributed by atoms with E-state index in [9.17, 15) is 14.4 Å². The molecule has 0 bridgehead atoms. The fraction of sp³-hybridized carbons (Fsp3) is 0.185. The van der Waals surface area contributed by atoms with Gasteiger partial charge in [0.05, 0.1) is 18.0 Å². The van der Waals surface area contributed by atoms with Crippen molar-refractivity contribution in [3.8, 4) is 5.69 Å². The van der Waals surface area contributed by atoms with Crippen LogP contribution in [0.1, 0.15) is 29.4 Å². The highest BCUT2D eigenvalue weighted by molar-refractivity contribution is 5.90. The lowest BCUT2D eigenvalue weighted by Gasteiger charge is -2.08. The van der Waals surface area contributed by atoms with Crippen molar-refractivity contribution in [2.45, 2.75) is 27.4 Å². The number of benzene rings is 2. The summed E-state index contributed by atoms with van der Waals surface area (Å²) in [5.41, 5.74) is 3.95. The van der Waals surface area contributed by atoms with Crippen molar-refractivity contribution in [1.82, 2.24) is 9.78 Å². The number of nitrogens with zero attached hydrogens (tertiary/aromatic N) is 2. The van der Waals surface area contributed by atoms with Gasteiger partial charge in [-0.3, -0.25) is 5.32 Å². The van der Waals surface area contributed by atoms with Gasteiger partial charge in [-0.2, -0.15) is 5.10 Å². The monoisotopic (exact) mass is 487 g/mol. The van der Waals surface area contributed by atoms with Crippen LogP contribution in [0.15, 0.2) is 69.9 Å². The summed E-state index contributed by atoms with van der Waals surface area (Å²) in [6.45, 7) is 5.60. The van der Waals surface area contributed by atoms with E-state index in [1.54, 1.807) is 25.1 Å². The summed E-state index contributed by atoms with van der Waals surface area (Å²) in [5, 5.41) is 7.70. The second kappa shape index (κ2) is 10.7. The van der Waals surface area contributed by atoms with E-state index >= 15 is 0 Å². The third-order valence-electron chi connectivity index (χ3n) is 5.46. The first-order valence-electron chi connectivity index (χ1n) is 11.3. The number of aromatic nitrogens is 2. The largest absolute Gasteiger partial charge is 0.458 e. The average molecular weight is 488 g/mol. The average Bonchev–Trinajstić information content (AvgIpc) is 3.14. The number of ether oxygens (including phenoxy) is 2. The Kier molecular flexibility index (Phi) is 7.29. The van der Waals surface area contributed by atoms with Gasteiger partial charge in [-0.05, 0) is 51.1 Å². The van der Waals surface area contributed by atoms with Crippen LogP contribution in [0.3, 0.4) is 0 Å². The highest BCUT2D eigenvalue weighted by Crippen LogP contribution is 2.23. The molecule has 9 heteroatoms. The van der Waals surface area contributed by atoms with Crippen molar-refractivity contribution in [2.75, 3.05) is 11.9 Å². The molecule has 0 spiro atoms. The maximum atomic E-state index is 12.4. The minimum atomic E-state index is -0.615. The lowest BCUT2D eigenvalue weighted by atomic mass is 10.1. The first-order valence-corrected chi connectivity index (χ1v) is 11.3. The smallest absolute Gasteiger partial charge is 0.411 e. The number of anilines is 1. The molecule has 0 unspecified atom stereocenters. The number of hydrogen-bond donors (Lipinski definition) is 1. The van der Waals surface area contributed by atoms with Crippen LogP contribution in [0.25, 0.3) is 22.7 Å². The summed E-state index contributed by atoms with van der Waals surface area (Å²) in [6, 6.07) is 15.8. The van der Waals surface area contributed by atoms with Crippen LogP contribution < -0.4 is 10.9 Å². The molecule has 4 aromatic rings. The highest BCUT2D eigenvalue weighted by Gasteiger charge is 2.13. The van der Waals surface area contributed by atoms with Gasteiger partial charge in [0.2, 0.25) is 0 Å². The van der Waals surface area contributed by atoms with E-state index in [2.05, 4.69) is 10.4 Å². The van der Waals surface area contributed by atoms with Crippen LogP contribution in [0.2, 0.25) is 0 Å². The van der Waals surface area contributed by atoms with Crippen molar-refractivity contribution in [3.63, 3.8) is 0 Å². The number of amides is 1. The van der Waals surface area contributed by atoms with E-state index in [-0.39, 0.29) is 18.8 Å².